The number of nitrogens with two attached hydrogens (primary N) is 1. The Balaban J connectivity index is 1.82. The second-order valence-corrected chi connectivity index (χ2v) is 6.38. The zero-order valence-corrected chi connectivity index (χ0v) is 14.0. The molecule has 0 bridgehead atoms. The SMILES string of the molecule is NC(=O)Cc1nc(CCn2ccc(=O)[nH]c2=O)n(C2CCCCC2)n1. The molecule has 25 heavy (non-hydrogen) atoms. The van der Waals surface area contributed by atoms with E-state index in [2.05, 4.69) is 15.1 Å². The fourth-order valence-electron chi connectivity index (χ4n) is 3.26. The minimum absolute atomic E-state index is 0.00528. The lowest BCUT2D eigenvalue weighted by atomic mass is 9.95. The highest BCUT2D eigenvalue weighted by Crippen LogP contribution is 2.28. The highest BCUT2D eigenvalue weighted by molar-refractivity contribution is 5.75. The zero-order chi connectivity index (χ0) is 17.8. The van der Waals surface area contributed by atoms with Crippen LogP contribution in [-0.4, -0.2) is 30.2 Å². The Morgan fingerprint density at radius 2 is 2.04 bits per heavy atom. The number of aromatic amines is 1. The van der Waals surface area contributed by atoms with Crippen molar-refractivity contribution in [1.82, 2.24) is 24.3 Å². The van der Waals surface area contributed by atoms with E-state index in [1.165, 1.54) is 23.3 Å². The van der Waals surface area contributed by atoms with Crippen LogP contribution in [0, 0.1) is 0 Å². The topological polar surface area (TPSA) is 129 Å². The third-order valence-electron chi connectivity index (χ3n) is 4.47. The van der Waals surface area contributed by atoms with Gasteiger partial charge in [0.15, 0.2) is 5.82 Å². The van der Waals surface area contributed by atoms with Crippen LogP contribution in [0.5, 0.6) is 0 Å². The first-order valence-corrected chi connectivity index (χ1v) is 8.55. The van der Waals surface area contributed by atoms with Gasteiger partial charge < -0.3 is 10.3 Å². The van der Waals surface area contributed by atoms with Crippen LogP contribution in [0.4, 0.5) is 0 Å². The summed E-state index contributed by atoms with van der Waals surface area (Å²) in [7, 11) is 0. The summed E-state index contributed by atoms with van der Waals surface area (Å²) in [6, 6.07) is 1.58. The summed E-state index contributed by atoms with van der Waals surface area (Å²) in [6.45, 7) is 0.372. The number of aryl methyl sites for hydroxylation is 2. The molecule has 9 heteroatoms. The van der Waals surface area contributed by atoms with Crippen LogP contribution < -0.4 is 17.0 Å². The van der Waals surface area contributed by atoms with Crippen LogP contribution >= 0.6 is 0 Å². The molecule has 1 fully saturated rings. The van der Waals surface area contributed by atoms with E-state index >= 15 is 0 Å². The fraction of sp³-hybridized carbons (Fsp3) is 0.562. The van der Waals surface area contributed by atoms with Crippen molar-refractivity contribution in [3.63, 3.8) is 0 Å². The molecule has 1 amide bonds. The van der Waals surface area contributed by atoms with E-state index < -0.39 is 17.2 Å². The molecule has 2 aromatic heterocycles. The minimum atomic E-state index is -0.468. The number of hydrogen-bond donors (Lipinski definition) is 2. The van der Waals surface area contributed by atoms with Crippen molar-refractivity contribution >= 4 is 5.91 Å². The van der Waals surface area contributed by atoms with Gasteiger partial charge in [-0.25, -0.2) is 14.5 Å². The number of nitrogens with zero attached hydrogens (tertiary/aromatic N) is 4. The second-order valence-electron chi connectivity index (χ2n) is 6.38. The van der Waals surface area contributed by atoms with Crippen molar-refractivity contribution < 1.29 is 4.79 Å². The molecular formula is C16H22N6O3. The van der Waals surface area contributed by atoms with E-state index in [9.17, 15) is 14.4 Å². The summed E-state index contributed by atoms with van der Waals surface area (Å²) in [6.07, 6.45) is 7.53. The fourth-order valence-corrected chi connectivity index (χ4v) is 3.26. The number of aromatic nitrogens is 5. The Morgan fingerprint density at radius 1 is 1.28 bits per heavy atom. The van der Waals surface area contributed by atoms with Gasteiger partial charge in [-0.15, -0.1) is 0 Å². The molecule has 9 nitrogen and oxygen atoms in total. The van der Waals surface area contributed by atoms with Gasteiger partial charge in [0.2, 0.25) is 5.91 Å². The van der Waals surface area contributed by atoms with Crippen LogP contribution in [0.25, 0.3) is 0 Å². The van der Waals surface area contributed by atoms with Gasteiger partial charge in [0.25, 0.3) is 5.56 Å². The maximum Gasteiger partial charge on any atom is 0.328 e. The van der Waals surface area contributed by atoms with Crippen LogP contribution in [0.1, 0.15) is 49.8 Å². The molecule has 0 aliphatic heterocycles. The second kappa shape index (κ2) is 7.45. The largest absolute Gasteiger partial charge is 0.369 e. The number of amides is 1. The molecule has 3 N–H and O–H groups in total. The van der Waals surface area contributed by atoms with E-state index in [-0.39, 0.29) is 12.5 Å². The summed E-state index contributed by atoms with van der Waals surface area (Å²) in [5, 5.41) is 4.48. The van der Waals surface area contributed by atoms with Crippen molar-refractivity contribution in [3.05, 3.63) is 44.8 Å². The van der Waals surface area contributed by atoms with Crippen molar-refractivity contribution in [2.24, 2.45) is 5.73 Å². The molecule has 2 heterocycles. The Morgan fingerprint density at radius 3 is 2.72 bits per heavy atom. The summed E-state index contributed by atoms with van der Waals surface area (Å²) in [5.41, 5.74) is 4.38. The first kappa shape index (κ1) is 17.1. The normalized spacial score (nSPS) is 15.4. The van der Waals surface area contributed by atoms with Gasteiger partial charge in [-0.2, -0.15) is 5.10 Å². The van der Waals surface area contributed by atoms with E-state index in [0.29, 0.717) is 18.8 Å². The molecular weight excluding hydrogens is 324 g/mol. The quantitative estimate of drug-likeness (QED) is 0.755. The number of carbonyl (C=O) groups excluding carboxylic acids is 1. The molecule has 0 spiro atoms. The number of primary amides is 1. The molecule has 1 saturated carbocycles. The molecule has 3 rings (SSSR count). The highest BCUT2D eigenvalue weighted by Gasteiger charge is 2.21. The summed E-state index contributed by atoms with van der Waals surface area (Å²) >= 11 is 0. The van der Waals surface area contributed by atoms with Crippen molar-refractivity contribution in [2.75, 3.05) is 0 Å². The minimum Gasteiger partial charge on any atom is -0.369 e. The molecule has 0 unspecified atom stereocenters. The van der Waals surface area contributed by atoms with Crippen molar-refractivity contribution in [3.8, 4) is 0 Å². The number of carbonyl (C=O) groups is 1. The van der Waals surface area contributed by atoms with Gasteiger partial charge >= 0.3 is 5.69 Å². The predicted molar refractivity (Wildman–Crippen MR) is 90.1 cm³/mol. The standard InChI is InChI=1S/C16H22N6O3/c17-12(23)10-13-18-14(22(20-13)11-4-2-1-3-5-11)6-8-21-9-7-15(24)19-16(21)25/h7,9,11H,1-6,8,10H2,(H2,17,23)(H,19,24,25). The molecule has 2 aromatic rings. The van der Waals surface area contributed by atoms with E-state index in [4.69, 9.17) is 5.73 Å². The van der Waals surface area contributed by atoms with Gasteiger partial charge in [-0.05, 0) is 12.8 Å². The number of hydrogen-bond acceptors (Lipinski definition) is 5. The van der Waals surface area contributed by atoms with Crippen LogP contribution in [0.15, 0.2) is 21.9 Å². The lowest BCUT2D eigenvalue weighted by Gasteiger charge is -2.23. The molecule has 0 saturated heterocycles. The monoisotopic (exact) mass is 346 g/mol. The maximum atomic E-state index is 11.8. The number of rotatable bonds is 6. The number of H-pyrrole nitrogens is 1. The Bertz CT molecular complexity index is 859. The molecule has 0 atom stereocenters. The van der Waals surface area contributed by atoms with Crippen LogP contribution in [-0.2, 0) is 24.2 Å². The first-order valence-electron chi connectivity index (χ1n) is 8.55. The zero-order valence-electron chi connectivity index (χ0n) is 14.0. The van der Waals surface area contributed by atoms with Gasteiger partial charge in [0.1, 0.15) is 5.82 Å². The van der Waals surface area contributed by atoms with Gasteiger partial charge in [-0.3, -0.25) is 14.6 Å². The lowest BCUT2D eigenvalue weighted by molar-refractivity contribution is -0.117. The lowest BCUT2D eigenvalue weighted by Crippen LogP contribution is -2.29. The van der Waals surface area contributed by atoms with Crippen LogP contribution in [0.3, 0.4) is 0 Å². The van der Waals surface area contributed by atoms with E-state index in [1.54, 1.807) is 0 Å². The van der Waals surface area contributed by atoms with Crippen molar-refractivity contribution in [2.45, 2.75) is 57.5 Å². The smallest absolute Gasteiger partial charge is 0.328 e. The van der Waals surface area contributed by atoms with Gasteiger partial charge in [0, 0.05) is 25.2 Å². The van der Waals surface area contributed by atoms with Crippen molar-refractivity contribution in [1.29, 1.82) is 0 Å². The molecule has 0 aromatic carbocycles. The van der Waals surface area contributed by atoms with Gasteiger partial charge in [0.05, 0.1) is 12.5 Å². The third-order valence-corrected chi connectivity index (χ3v) is 4.47. The van der Waals surface area contributed by atoms with E-state index in [1.807, 2.05) is 4.68 Å². The average molecular weight is 346 g/mol. The number of nitrogens with one attached hydrogen (secondary N) is 1. The maximum absolute atomic E-state index is 11.8. The Hall–Kier alpha value is -2.71. The van der Waals surface area contributed by atoms with Crippen LogP contribution in [0.2, 0.25) is 0 Å². The third kappa shape index (κ3) is 4.23. The summed E-state index contributed by atoms with van der Waals surface area (Å²) in [4.78, 5) is 40.8. The van der Waals surface area contributed by atoms with E-state index in [0.717, 1.165) is 31.5 Å². The molecule has 1 aliphatic carbocycles. The highest BCUT2D eigenvalue weighted by atomic mass is 16.2. The average Bonchev–Trinajstić information content (AvgIpc) is 2.97. The molecule has 0 radical (unpaired) electrons. The van der Waals surface area contributed by atoms with Gasteiger partial charge in [-0.1, -0.05) is 19.3 Å². The first-order chi connectivity index (χ1) is 12.0. The molecule has 134 valence electrons. The molecule has 1 aliphatic rings. The Kier molecular flexibility index (Phi) is 5.11. The summed E-state index contributed by atoms with van der Waals surface area (Å²) in [5.74, 6) is 0.687. The predicted octanol–water partition coefficient (Wildman–Crippen LogP) is -0.0962. The summed E-state index contributed by atoms with van der Waals surface area (Å²) < 4.78 is 3.32. The Labute approximate surface area is 143 Å².